The molecule has 0 radical (unpaired) electrons. The standard InChI is InChI=1S/C13H16N2O2/c1-3-14-12(16)13(2)9-11(15-17-13)10-7-5-4-6-8-10/h4-8H,3,9H2,1-2H3,(H,14,16)/t13-/m0/s1. The lowest BCUT2D eigenvalue weighted by Crippen LogP contribution is -2.44. The lowest BCUT2D eigenvalue weighted by Gasteiger charge is -2.19. The average molecular weight is 232 g/mol. The van der Waals surface area contributed by atoms with E-state index in [1.807, 2.05) is 37.3 Å². The third-order valence-corrected chi connectivity index (χ3v) is 2.79. The van der Waals surface area contributed by atoms with E-state index in [0.29, 0.717) is 13.0 Å². The SMILES string of the molecule is CCNC(=O)[C@]1(C)CC(c2ccccc2)=NO1. The van der Waals surface area contributed by atoms with Crippen molar-refractivity contribution in [2.24, 2.45) is 5.16 Å². The summed E-state index contributed by atoms with van der Waals surface area (Å²) in [5, 5.41) is 6.78. The fourth-order valence-electron chi connectivity index (χ4n) is 1.79. The molecular weight excluding hydrogens is 216 g/mol. The van der Waals surface area contributed by atoms with Gasteiger partial charge in [-0.2, -0.15) is 0 Å². The van der Waals surface area contributed by atoms with Gasteiger partial charge in [-0.3, -0.25) is 4.79 Å². The summed E-state index contributed by atoms with van der Waals surface area (Å²) in [6, 6.07) is 9.76. The highest BCUT2D eigenvalue weighted by Crippen LogP contribution is 2.26. The number of nitrogens with one attached hydrogen (secondary N) is 1. The van der Waals surface area contributed by atoms with Crippen molar-refractivity contribution in [1.29, 1.82) is 0 Å². The minimum Gasteiger partial charge on any atom is -0.379 e. The minimum atomic E-state index is -0.874. The van der Waals surface area contributed by atoms with Crippen LogP contribution in [0.3, 0.4) is 0 Å². The molecule has 0 saturated heterocycles. The Balaban J connectivity index is 2.11. The summed E-state index contributed by atoms with van der Waals surface area (Å²) >= 11 is 0. The first-order valence-corrected chi connectivity index (χ1v) is 5.74. The Morgan fingerprint density at radius 2 is 2.18 bits per heavy atom. The summed E-state index contributed by atoms with van der Waals surface area (Å²) in [4.78, 5) is 17.1. The highest BCUT2D eigenvalue weighted by Gasteiger charge is 2.41. The molecule has 0 spiro atoms. The molecule has 0 aromatic heterocycles. The van der Waals surface area contributed by atoms with E-state index in [1.54, 1.807) is 6.92 Å². The van der Waals surface area contributed by atoms with Crippen LogP contribution in [0, 0.1) is 0 Å². The Bertz CT molecular complexity index is 442. The van der Waals surface area contributed by atoms with E-state index in [-0.39, 0.29) is 5.91 Å². The number of carbonyl (C=O) groups excluding carboxylic acids is 1. The smallest absolute Gasteiger partial charge is 0.267 e. The number of rotatable bonds is 3. The van der Waals surface area contributed by atoms with Gasteiger partial charge in [-0.05, 0) is 19.4 Å². The molecule has 0 fully saturated rings. The van der Waals surface area contributed by atoms with Crippen molar-refractivity contribution >= 4 is 11.6 Å². The Hall–Kier alpha value is -1.84. The first-order valence-electron chi connectivity index (χ1n) is 5.74. The number of nitrogens with zero attached hydrogens (tertiary/aromatic N) is 1. The Morgan fingerprint density at radius 1 is 1.47 bits per heavy atom. The molecule has 0 unspecified atom stereocenters. The molecule has 4 heteroatoms. The van der Waals surface area contributed by atoms with Crippen molar-refractivity contribution in [3.05, 3.63) is 35.9 Å². The fourth-order valence-corrected chi connectivity index (χ4v) is 1.79. The van der Waals surface area contributed by atoms with Crippen LogP contribution in [-0.4, -0.2) is 23.8 Å². The normalized spacial score (nSPS) is 22.8. The lowest BCUT2D eigenvalue weighted by atomic mass is 9.95. The van der Waals surface area contributed by atoms with Gasteiger partial charge < -0.3 is 10.2 Å². The second-order valence-corrected chi connectivity index (χ2v) is 4.26. The fraction of sp³-hybridized carbons (Fsp3) is 0.385. The summed E-state index contributed by atoms with van der Waals surface area (Å²) in [5.74, 6) is -0.116. The Labute approximate surface area is 101 Å². The third-order valence-electron chi connectivity index (χ3n) is 2.79. The van der Waals surface area contributed by atoms with Crippen molar-refractivity contribution in [2.75, 3.05) is 6.54 Å². The number of hydrogen-bond acceptors (Lipinski definition) is 3. The number of carbonyl (C=O) groups is 1. The maximum absolute atomic E-state index is 11.8. The number of amides is 1. The van der Waals surface area contributed by atoms with Gasteiger partial charge in [0, 0.05) is 13.0 Å². The van der Waals surface area contributed by atoms with E-state index in [9.17, 15) is 4.79 Å². The molecule has 1 aliphatic rings. The van der Waals surface area contributed by atoms with Gasteiger partial charge in [0.2, 0.25) is 5.60 Å². The first kappa shape index (κ1) is 11.6. The molecule has 1 amide bonds. The van der Waals surface area contributed by atoms with E-state index in [4.69, 9.17) is 4.84 Å². The highest BCUT2D eigenvalue weighted by molar-refractivity contribution is 6.05. The Kier molecular flexibility index (Phi) is 3.13. The van der Waals surface area contributed by atoms with E-state index in [2.05, 4.69) is 10.5 Å². The molecule has 0 bridgehead atoms. The van der Waals surface area contributed by atoms with Gasteiger partial charge in [0.05, 0.1) is 5.71 Å². The van der Waals surface area contributed by atoms with E-state index in [0.717, 1.165) is 11.3 Å². The van der Waals surface area contributed by atoms with Crippen LogP contribution in [0.25, 0.3) is 0 Å². The van der Waals surface area contributed by atoms with Gasteiger partial charge in [-0.25, -0.2) is 0 Å². The highest BCUT2D eigenvalue weighted by atomic mass is 16.7. The van der Waals surface area contributed by atoms with Crippen molar-refractivity contribution in [3.63, 3.8) is 0 Å². The molecule has 4 nitrogen and oxygen atoms in total. The van der Waals surface area contributed by atoms with Crippen LogP contribution in [0.15, 0.2) is 35.5 Å². The van der Waals surface area contributed by atoms with Crippen molar-refractivity contribution in [1.82, 2.24) is 5.32 Å². The summed E-state index contributed by atoms with van der Waals surface area (Å²) in [6.07, 6.45) is 0.503. The van der Waals surface area contributed by atoms with Gasteiger partial charge in [-0.15, -0.1) is 0 Å². The van der Waals surface area contributed by atoms with Crippen LogP contribution in [-0.2, 0) is 9.63 Å². The molecule has 1 N–H and O–H groups in total. The quantitative estimate of drug-likeness (QED) is 0.862. The number of likely N-dealkylation sites (N-methyl/N-ethyl adjacent to an activating group) is 1. The number of hydrogen-bond donors (Lipinski definition) is 1. The molecule has 17 heavy (non-hydrogen) atoms. The van der Waals surface area contributed by atoms with E-state index in [1.165, 1.54) is 0 Å². The van der Waals surface area contributed by atoms with Crippen LogP contribution >= 0.6 is 0 Å². The predicted molar refractivity (Wildman–Crippen MR) is 65.8 cm³/mol. The van der Waals surface area contributed by atoms with E-state index >= 15 is 0 Å². The van der Waals surface area contributed by atoms with Crippen molar-refractivity contribution in [2.45, 2.75) is 25.9 Å². The molecule has 1 heterocycles. The third kappa shape index (κ3) is 2.30. The zero-order chi connectivity index (χ0) is 12.3. The molecule has 90 valence electrons. The van der Waals surface area contributed by atoms with Gasteiger partial charge in [0.25, 0.3) is 5.91 Å². The average Bonchev–Trinajstić information content (AvgIpc) is 2.75. The zero-order valence-corrected chi connectivity index (χ0v) is 10.1. The summed E-state index contributed by atoms with van der Waals surface area (Å²) < 4.78 is 0. The molecule has 2 rings (SSSR count). The second-order valence-electron chi connectivity index (χ2n) is 4.26. The van der Waals surface area contributed by atoms with Crippen LogP contribution < -0.4 is 5.32 Å². The largest absolute Gasteiger partial charge is 0.379 e. The minimum absolute atomic E-state index is 0.116. The van der Waals surface area contributed by atoms with E-state index < -0.39 is 5.60 Å². The second kappa shape index (κ2) is 4.57. The molecule has 1 atom stereocenters. The summed E-state index contributed by atoms with van der Waals surface area (Å²) in [6.45, 7) is 4.24. The Morgan fingerprint density at radius 3 is 2.82 bits per heavy atom. The van der Waals surface area contributed by atoms with Gasteiger partial charge in [0.1, 0.15) is 0 Å². The number of benzene rings is 1. The van der Waals surface area contributed by atoms with Gasteiger partial charge in [-0.1, -0.05) is 35.5 Å². The molecule has 0 aliphatic carbocycles. The number of oxime groups is 1. The monoisotopic (exact) mass is 232 g/mol. The summed E-state index contributed by atoms with van der Waals surface area (Å²) in [7, 11) is 0. The lowest BCUT2D eigenvalue weighted by molar-refractivity contribution is -0.141. The van der Waals surface area contributed by atoms with Crippen LogP contribution in [0.1, 0.15) is 25.8 Å². The summed E-state index contributed by atoms with van der Waals surface area (Å²) in [5.41, 5.74) is 0.946. The van der Waals surface area contributed by atoms with Crippen LogP contribution in [0.2, 0.25) is 0 Å². The van der Waals surface area contributed by atoms with Crippen LogP contribution in [0.4, 0.5) is 0 Å². The van der Waals surface area contributed by atoms with Crippen LogP contribution in [0.5, 0.6) is 0 Å². The molecule has 1 aromatic carbocycles. The predicted octanol–water partition coefficient (Wildman–Crippen LogP) is 1.71. The maximum atomic E-state index is 11.8. The molecule has 0 saturated carbocycles. The van der Waals surface area contributed by atoms with Gasteiger partial charge >= 0.3 is 0 Å². The molecule has 1 aliphatic heterocycles. The van der Waals surface area contributed by atoms with Crippen molar-refractivity contribution < 1.29 is 9.63 Å². The van der Waals surface area contributed by atoms with Crippen molar-refractivity contribution in [3.8, 4) is 0 Å². The molecule has 1 aromatic rings. The zero-order valence-electron chi connectivity index (χ0n) is 10.1. The van der Waals surface area contributed by atoms with Gasteiger partial charge in [0.15, 0.2) is 0 Å². The first-order chi connectivity index (χ1) is 8.15. The maximum Gasteiger partial charge on any atom is 0.267 e. The topological polar surface area (TPSA) is 50.7 Å². The molecular formula is C13H16N2O2.